The SMILES string of the molecule is SCC=CCSc1nc2ccccc2[nH]1. The first-order valence-corrected chi connectivity index (χ1v) is 6.35. The number of imidazole rings is 1. The molecule has 0 radical (unpaired) electrons. The van der Waals surface area contributed by atoms with Gasteiger partial charge < -0.3 is 4.98 Å². The molecule has 0 amide bonds. The fourth-order valence-electron chi connectivity index (χ4n) is 1.27. The van der Waals surface area contributed by atoms with Gasteiger partial charge in [-0.05, 0) is 12.1 Å². The highest BCUT2D eigenvalue weighted by Crippen LogP contribution is 2.18. The topological polar surface area (TPSA) is 28.7 Å². The van der Waals surface area contributed by atoms with E-state index >= 15 is 0 Å². The van der Waals surface area contributed by atoms with Crippen molar-refractivity contribution in [3.8, 4) is 0 Å². The Kier molecular flexibility index (Phi) is 3.75. The zero-order valence-electron chi connectivity index (χ0n) is 8.18. The number of nitrogens with one attached hydrogen (secondary N) is 1. The molecule has 0 spiro atoms. The largest absolute Gasteiger partial charge is 0.333 e. The first-order valence-electron chi connectivity index (χ1n) is 4.73. The number of nitrogens with zero attached hydrogens (tertiary/aromatic N) is 1. The van der Waals surface area contributed by atoms with Crippen LogP contribution in [-0.2, 0) is 0 Å². The van der Waals surface area contributed by atoms with Crippen LogP contribution in [0.4, 0.5) is 0 Å². The predicted octanol–water partition coefficient (Wildman–Crippen LogP) is 3.14. The van der Waals surface area contributed by atoms with E-state index in [0.29, 0.717) is 0 Å². The van der Waals surface area contributed by atoms with Gasteiger partial charge in [0.2, 0.25) is 0 Å². The molecule has 0 aliphatic carbocycles. The van der Waals surface area contributed by atoms with E-state index in [2.05, 4.69) is 28.7 Å². The summed E-state index contributed by atoms with van der Waals surface area (Å²) in [6.45, 7) is 0. The maximum atomic E-state index is 4.46. The van der Waals surface area contributed by atoms with Crippen LogP contribution in [0.5, 0.6) is 0 Å². The predicted molar refractivity (Wildman–Crippen MR) is 69.8 cm³/mol. The van der Waals surface area contributed by atoms with Crippen LogP contribution in [0.15, 0.2) is 41.6 Å². The number of hydrogen-bond donors (Lipinski definition) is 2. The zero-order chi connectivity index (χ0) is 10.5. The summed E-state index contributed by atoms with van der Waals surface area (Å²) in [7, 11) is 0. The first-order chi connectivity index (χ1) is 7.40. The monoisotopic (exact) mass is 236 g/mol. The Morgan fingerprint density at radius 3 is 3.00 bits per heavy atom. The molecule has 2 nitrogen and oxygen atoms in total. The lowest BCUT2D eigenvalue weighted by Gasteiger charge is -1.89. The second-order valence-electron chi connectivity index (χ2n) is 3.02. The zero-order valence-corrected chi connectivity index (χ0v) is 9.89. The molecule has 0 aliphatic heterocycles. The van der Waals surface area contributed by atoms with Gasteiger partial charge in [-0.3, -0.25) is 0 Å². The van der Waals surface area contributed by atoms with Crippen molar-refractivity contribution in [1.82, 2.24) is 9.97 Å². The lowest BCUT2D eigenvalue weighted by Crippen LogP contribution is -1.76. The van der Waals surface area contributed by atoms with Crippen molar-refractivity contribution in [3.63, 3.8) is 0 Å². The highest BCUT2D eigenvalue weighted by atomic mass is 32.2. The molecule has 0 saturated heterocycles. The number of hydrogen-bond acceptors (Lipinski definition) is 3. The molecule has 0 unspecified atom stereocenters. The number of benzene rings is 1. The van der Waals surface area contributed by atoms with Crippen molar-refractivity contribution in [2.45, 2.75) is 5.16 Å². The number of H-pyrrole nitrogens is 1. The van der Waals surface area contributed by atoms with Crippen LogP contribution in [0.1, 0.15) is 0 Å². The summed E-state index contributed by atoms with van der Waals surface area (Å²) in [5, 5.41) is 0.972. The van der Waals surface area contributed by atoms with E-state index in [9.17, 15) is 0 Å². The number of para-hydroxylation sites is 2. The van der Waals surface area contributed by atoms with Gasteiger partial charge in [0.05, 0.1) is 11.0 Å². The maximum Gasteiger partial charge on any atom is 0.166 e. The second-order valence-corrected chi connectivity index (χ2v) is 4.40. The molecule has 2 aromatic rings. The molecule has 78 valence electrons. The van der Waals surface area contributed by atoms with Gasteiger partial charge in [0.15, 0.2) is 5.16 Å². The third-order valence-corrected chi connectivity index (χ3v) is 2.99. The fourth-order valence-corrected chi connectivity index (χ4v) is 2.15. The van der Waals surface area contributed by atoms with Crippen molar-refractivity contribution in [2.24, 2.45) is 0 Å². The summed E-state index contributed by atoms with van der Waals surface area (Å²) in [5.74, 6) is 1.72. The minimum atomic E-state index is 0.792. The lowest BCUT2D eigenvalue weighted by molar-refractivity contribution is 1.08. The molecule has 1 aromatic heterocycles. The molecule has 1 N–H and O–H groups in total. The maximum absolute atomic E-state index is 4.46. The van der Waals surface area contributed by atoms with Crippen molar-refractivity contribution in [2.75, 3.05) is 11.5 Å². The molecule has 1 heterocycles. The quantitative estimate of drug-likeness (QED) is 0.485. The van der Waals surface area contributed by atoms with Gasteiger partial charge in [-0.25, -0.2) is 4.98 Å². The van der Waals surface area contributed by atoms with Gasteiger partial charge in [0, 0.05) is 11.5 Å². The van der Waals surface area contributed by atoms with Crippen LogP contribution in [0, 0.1) is 0 Å². The number of thioether (sulfide) groups is 1. The molecule has 2 rings (SSSR count). The Hall–Kier alpha value is -0.870. The summed E-state index contributed by atoms with van der Waals surface area (Å²) in [4.78, 5) is 7.74. The van der Waals surface area contributed by atoms with Gasteiger partial charge in [0.1, 0.15) is 0 Å². The van der Waals surface area contributed by atoms with Gasteiger partial charge in [-0.15, -0.1) is 0 Å². The number of fused-ring (bicyclic) bond motifs is 1. The summed E-state index contributed by atoms with van der Waals surface area (Å²) < 4.78 is 0. The van der Waals surface area contributed by atoms with E-state index in [0.717, 1.165) is 27.7 Å². The summed E-state index contributed by atoms with van der Waals surface area (Å²) in [6.07, 6.45) is 4.14. The first kappa shape index (κ1) is 10.6. The van der Waals surface area contributed by atoms with Gasteiger partial charge in [-0.1, -0.05) is 36.0 Å². The molecule has 0 atom stereocenters. The average molecular weight is 236 g/mol. The smallest absolute Gasteiger partial charge is 0.166 e. The minimum Gasteiger partial charge on any atom is -0.333 e. The van der Waals surface area contributed by atoms with Crippen LogP contribution in [-0.4, -0.2) is 21.5 Å². The normalized spacial score (nSPS) is 11.5. The van der Waals surface area contributed by atoms with E-state index in [1.165, 1.54) is 0 Å². The summed E-state index contributed by atoms with van der Waals surface area (Å²) >= 11 is 5.80. The summed E-state index contributed by atoms with van der Waals surface area (Å²) in [5.41, 5.74) is 2.12. The van der Waals surface area contributed by atoms with Crippen LogP contribution >= 0.6 is 24.4 Å². The Bertz CT molecular complexity index is 429. The van der Waals surface area contributed by atoms with Crippen molar-refractivity contribution < 1.29 is 0 Å². The molecular weight excluding hydrogens is 224 g/mol. The number of aromatic nitrogens is 2. The van der Waals surface area contributed by atoms with Crippen molar-refractivity contribution in [3.05, 3.63) is 36.4 Å². The van der Waals surface area contributed by atoms with Gasteiger partial charge >= 0.3 is 0 Å². The third kappa shape index (κ3) is 2.79. The van der Waals surface area contributed by atoms with Crippen LogP contribution in [0.25, 0.3) is 11.0 Å². The molecule has 1 aromatic carbocycles. The number of thiol groups is 1. The minimum absolute atomic E-state index is 0.792. The van der Waals surface area contributed by atoms with E-state index < -0.39 is 0 Å². The summed E-state index contributed by atoms with van der Waals surface area (Å²) in [6, 6.07) is 8.06. The number of aromatic amines is 1. The van der Waals surface area contributed by atoms with Gasteiger partial charge in [-0.2, -0.15) is 12.6 Å². The van der Waals surface area contributed by atoms with Crippen LogP contribution < -0.4 is 0 Å². The fraction of sp³-hybridized carbons (Fsp3) is 0.182. The van der Waals surface area contributed by atoms with E-state index in [1.54, 1.807) is 11.8 Å². The van der Waals surface area contributed by atoms with Crippen LogP contribution in [0.3, 0.4) is 0 Å². The van der Waals surface area contributed by atoms with Crippen molar-refractivity contribution in [1.29, 1.82) is 0 Å². The number of rotatable bonds is 4. The molecule has 0 saturated carbocycles. The van der Waals surface area contributed by atoms with Crippen molar-refractivity contribution >= 4 is 35.4 Å². The third-order valence-electron chi connectivity index (χ3n) is 1.96. The average Bonchev–Trinajstić information content (AvgIpc) is 2.67. The Labute approximate surface area is 98.6 Å². The highest BCUT2D eigenvalue weighted by molar-refractivity contribution is 7.99. The van der Waals surface area contributed by atoms with Gasteiger partial charge in [0.25, 0.3) is 0 Å². The molecule has 4 heteroatoms. The van der Waals surface area contributed by atoms with E-state index in [1.807, 2.05) is 30.3 Å². The Morgan fingerprint density at radius 1 is 1.33 bits per heavy atom. The standard InChI is InChI=1S/C11H12N2S2/c14-7-3-4-8-15-11-12-9-5-1-2-6-10(9)13-11/h1-6,14H,7-8H2,(H,12,13). The van der Waals surface area contributed by atoms with Crippen LogP contribution in [0.2, 0.25) is 0 Å². The molecule has 15 heavy (non-hydrogen) atoms. The van der Waals surface area contributed by atoms with E-state index in [-0.39, 0.29) is 0 Å². The Morgan fingerprint density at radius 2 is 2.20 bits per heavy atom. The van der Waals surface area contributed by atoms with E-state index in [4.69, 9.17) is 0 Å². The highest BCUT2D eigenvalue weighted by Gasteiger charge is 2.00. The molecular formula is C11H12N2S2. The molecule has 0 fully saturated rings. The molecule has 0 aliphatic rings. The Balaban J connectivity index is 2.05. The second kappa shape index (κ2) is 5.28. The lowest BCUT2D eigenvalue weighted by atomic mass is 10.3. The molecule has 0 bridgehead atoms.